The first-order chi connectivity index (χ1) is 12.6. The summed E-state index contributed by atoms with van der Waals surface area (Å²) in [7, 11) is 3.56. The second-order valence-electron chi connectivity index (χ2n) is 7.08. The number of nitrogens with zero attached hydrogens (tertiary/aromatic N) is 1. The van der Waals surface area contributed by atoms with Crippen LogP contribution in [0.5, 0.6) is 0 Å². The molecule has 0 spiro atoms. The predicted molar refractivity (Wildman–Crippen MR) is 125 cm³/mol. The van der Waals surface area contributed by atoms with Crippen molar-refractivity contribution in [3.8, 4) is 0 Å². The van der Waals surface area contributed by atoms with Gasteiger partial charge in [0, 0.05) is 39.6 Å². The maximum atomic E-state index is 13.5. The van der Waals surface area contributed by atoms with Crippen LogP contribution in [0.1, 0.15) is 43.2 Å². The minimum atomic E-state index is -0.179. The lowest BCUT2D eigenvalue weighted by molar-refractivity contribution is 0.138. The molecule has 2 N–H and O–H groups in total. The van der Waals surface area contributed by atoms with Gasteiger partial charge in [0.15, 0.2) is 5.96 Å². The Labute approximate surface area is 184 Å². The van der Waals surface area contributed by atoms with Gasteiger partial charge in [0.2, 0.25) is 0 Å². The number of thioether (sulfide) groups is 1. The lowest BCUT2D eigenvalue weighted by Gasteiger charge is -2.30. The molecule has 1 aromatic carbocycles. The van der Waals surface area contributed by atoms with Crippen molar-refractivity contribution in [3.05, 3.63) is 35.1 Å². The quantitative estimate of drug-likeness (QED) is 0.291. The number of hydrogen-bond donors (Lipinski definition) is 2. The van der Waals surface area contributed by atoms with Crippen LogP contribution in [0.2, 0.25) is 0 Å². The van der Waals surface area contributed by atoms with Crippen molar-refractivity contribution in [2.24, 2.45) is 10.4 Å². The third-order valence-electron chi connectivity index (χ3n) is 5.27. The standard InChI is InChI=1S/C20H32FN3OS.HI/c1-22-19(24-15-20(10-11-25-2)8-4-5-9-20)23-13-16-6-7-18(21)12-17(16)14-26-3;/h6-7,12H,4-5,8-11,13-15H2,1-3H3,(H2,22,23,24);1H. The van der Waals surface area contributed by atoms with Crippen LogP contribution in [0.15, 0.2) is 23.2 Å². The van der Waals surface area contributed by atoms with E-state index in [0.29, 0.717) is 12.0 Å². The van der Waals surface area contributed by atoms with Crippen molar-refractivity contribution in [1.82, 2.24) is 10.6 Å². The number of guanidine groups is 1. The largest absolute Gasteiger partial charge is 0.385 e. The van der Waals surface area contributed by atoms with Gasteiger partial charge in [-0.1, -0.05) is 18.9 Å². The SMILES string of the molecule is CN=C(NCc1ccc(F)cc1CSC)NCC1(CCOC)CCCC1.I. The molecule has 7 heteroatoms. The summed E-state index contributed by atoms with van der Waals surface area (Å²) < 4.78 is 18.8. The van der Waals surface area contributed by atoms with E-state index >= 15 is 0 Å². The second kappa shape index (κ2) is 12.8. The molecule has 0 atom stereocenters. The highest BCUT2D eigenvalue weighted by molar-refractivity contribution is 14.0. The molecule has 4 nitrogen and oxygen atoms in total. The van der Waals surface area contributed by atoms with Crippen molar-refractivity contribution in [1.29, 1.82) is 0 Å². The van der Waals surface area contributed by atoms with E-state index in [4.69, 9.17) is 4.74 Å². The lowest BCUT2D eigenvalue weighted by Crippen LogP contribution is -2.43. The van der Waals surface area contributed by atoms with E-state index in [1.165, 1.54) is 31.7 Å². The zero-order valence-corrected chi connectivity index (χ0v) is 19.8. The Morgan fingerprint density at radius 3 is 2.63 bits per heavy atom. The van der Waals surface area contributed by atoms with E-state index < -0.39 is 0 Å². The third kappa shape index (κ3) is 7.77. The topological polar surface area (TPSA) is 45.7 Å². The van der Waals surface area contributed by atoms with Crippen LogP contribution in [0.4, 0.5) is 4.39 Å². The number of hydrogen-bond acceptors (Lipinski definition) is 3. The van der Waals surface area contributed by atoms with E-state index in [1.54, 1.807) is 32.0 Å². The second-order valence-corrected chi connectivity index (χ2v) is 7.94. The van der Waals surface area contributed by atoms with Gasteiger partial charge in [-0.05, 0) is 54.2 Å². The van der Waals surface area contributed by atoms with Gasteiger partial charge < -0.3 is 15.4 Å². The summed E-state index contributed by atoms with van der Waals surface area (Å²) in [4.78, 5) is 4.35. The summed E-state index contributed by atoms with van der Waals surface area (Å²) in [6.07, 6.45) is 8.20. The number of halogens is 2. The lowest BCUT2D eigenvalue weighted by atomic mass is 9.83. The molecular weight excluding hydrogens is 476 g/mol. The first kappa shape index (κ1) is 24.5. The van der Waals surface area contributed by atoms with Gasteiger partial charge in [-0.3, -0.25) is 4.99 Å². The molecule has 0 saturated heterocycles. The van der Waals surface area contributed by atoms with E-state index in [2.05, 4.69) is 15.6 Å². The fraction of sp³-hybridized carbons (Fsp3) is 0.650. The van der Waals surface area contributed by atoms with Gasteiger partial charge in [0.1, 0.15) is 5.82 Å². The van der Waals surface area contributed by atoms with Crippen LogP contribution in [0, 0.1) is 11.2 Å². The predicted octanol–water partition coefficient (Wildman–Crippen LogP) is 4.57. The Hall–Kier alpha value is -0.540. The number of methoxy groups -OCH3 is 1. The summed E-state index contributed by atoms with van der Waals surface area (Å²) in [5, 5.41) is 6.88. The molecule has 1 saturated carbocycles. The molecule has 0 amide bonds. The molecule has 0 aliphatic heterocycles. The fourth-order valence-electron chi connectivity index (χ4n) is 3.69. The minimum Gasteiger partial charge on any atom is -0.385 e. The Bertz CT molecular complexity index is 595. The van der Waals surface area contributed by atoms with E-state index in [-0.39, 0.29) is 29.8 Å². The molecular formula is C20H33FIN3OS. The van der Waals surface area contributed by atoms with E-state index in [1.807, 2.05) is 12.3 Å². The van der Waals surface area contributed by atoms with Crippen LogP contribution >= 0.6 is 35.7 Å². The molecule has 0 radical (unpaired) electrons. The van der Waals surface area contributed by atoms with Crippen LogP contribution in [-0.4, -0.2) is 39.5 Å². The monoisotopic (exact) mass is 509 g/mol. The molecule has 0 heterocycles. The Balaban J connectivity index is 0.00000364. The molecule has 1 fully saturated rings. The molecule has 0 unspecified atom stereocenters. The maximum absolute atomic E-state index is 13.5. The highest BCUT2D eigenvalue weighted by atomic mass is 127. The Morgan fingerprint density at radius 1 is 1.26 bits per heavy atom. The number of benzene rings is 1. The van der Waals surface area contributed by atoms with Gasteiger partial charge in [-0.15, -0.1) is 24.0 Å². The summed E-state index contributed by atoms with van der Waals surface area (Å²) >= 11 is 1.70. The molecule has 27 heavy (non-hydrogen) atoms. The van der Waals surface area contributed by atoms with Crippen molar-refractivity contribution in [3.63, 3.8) is 0 Å². The van der Waals surface area contributed by atoms with Gasteiger partial charge in [0.25, 0.3) is 0 Å². The molecule has 1 aliphatic rings. The van der Waals surface area contributed by atoms with E-state index in [9.17, 15) is 4.39 Å². The first-order valence-electron chi connectivity index (χ1n) is 9.32. The van der Waals surface area contributed by atoms with Crippen LogP contribution in [0.25, 0.3) is 0 Å². The summed E-state index contributed by atoms with van der Waals surface area (Å²) in [6.45, 7) is 2.36. The molecule has 2 rings (SSSR count). The number of ether oxygens (including phenoxy) is 1. The smallest absolute Gasteiger partial charge is 0.191 e. The Morgan fingerprint density at radius 2 is 2.00 bits per heavy atom. The average Bonchev–Trinajstić information content (AvgIpc) is 3.11. The van der Waals surface area contributed by atoms with Gasteiger partial charge in [0.05, 0.1) is 0 Å². The van der Waals surface area contributed by atoms with E-state index in [0.717, 1.165) is 42.4 Å². The van der Waals surface area contributed by atoms with Crippen molar-refractivity contribution >= 4 is 41.7 Å². The molecule has 1 aromatic rings. The number of aliphatic imine (C=N–C) groups is 1. The summed E-state index contributed by atoms with van der Waals surface area (Å²) in [5.41, 5.74) is 2.46. The number of nitrogens with one attached hydrogen (secondary N) is 2. The zero-order chi connectivity index (χ0) is 18.8. The molecule has 154 valence electrons. The molecule has 0 bridgehead atoms. The average molecular weight is 509 g/mol. The normalized spacial score (nSPS) is 16.1. The van der Waals surface area contributed by atoms with Crippen LogP contribution < -0.4 is 10.6 Å². The summed E-state index contributed by atoms with van der Waals surface area (Å²) in [5.74, 6) is 1.43. The molecule has 0 aromatic heterocycles. The number of rotatable bonds is 9. The van der Waals surface area contributed by atoms with Crippen molar-refractivity contribution in [2.45, 2.75) is 44.4 Å². The van der Waals surface area contributed by atoms with Crippen LogP contribution in [-0.2, 0) is 17.0 Å². The van der Waals surface area contributed by atoms with Crippen molar-refractivity contribution in [2.75, 3.05) is 33.6 Å². The van der Waals surface area contributed by atoms with Crippen LogP contribution in [0.3, 0.4) is 0 Å². The van der Waals surface area contributed by atoms with Crippen molar-refractivity contribution < 1.29 is 9.13 Å². The zero-order valence-electron chi connectivity index (χ0n) is 16.6. The van der Waals surface area contributed by atoms with Gasteiger partial charge in [-0.25, -0.2) is 4.39 Å². The first-order valence-corrected chi connectivity index (χ1v) is 10.7. The maximum Gasteiger partial charge on any atom is 0.191 e. The highest BCUT2D eigenvalue weighted by Crippen LogP contribution is 2.40. The highest BCUT2D eigenvalue weighted by Gasteiger charge is 2.33. The summed E-state index contributed by atoms with van der Waals surface area (Å²) in [6, 6.07) is 5.01. The molecule has 1 aliphatic carbocycles. The Kier molecular flexibility index (Phi) is 11.6. The fourth-order valence-corrected chi connectivity index (χ4v) is 4.27. The minimum absolute atomic E-state index is 0. The van der Waals surface area contributed by atoms with Gasteiger partial charge >= 0.3 is 0 Å². The third-order valence-corrected chi connectivity index (χ3v) is 5.87. The van der Waals surface area contributed by atoms with Gasteiger partial charge in [-0.2, -0.15) is 11.8 Å².